The van der Waals surface area contributed by atoms with Gasteiger partial charge in [0.15, 0.2) is 0 Å². The van der Waals surface area contributed by atoms with Crippen LogP contribution in [0.2, 0.25) is 0 Å². The van der Waals surface area contributed by atoms with Crippen LogP contribution >= 0.6 is 12.6 Å². The predicted octanol–water partition coefficient (Wildman–Crippen LogP) is 3.31. The molecule has 0 aromatic heterocycles. The lowest BCUT2D eigenvalue weighted by Crippen LogP contribution is -2.38. The van der Waals surface area contributed by atoms with E-state index in [1.807, 2.05) is 0 Å². The molecule has 0 spiro atoms. The second-order valence-electron chi connectivity index (χ2n) is 5.20. The van der Waals surface area contributed by atoms with Crippen LogP contribution in [0.3, 0.4) is 0 Å². The Kier molecular flexibility index (Phi) is 6.28. The van der Waals surface area contributed by atoms with E-state index in [1.54, 1.807) is 0 Å². The van der Waals surface area contributed by atoms with Crippen LogP contribution < -0.4 is 5.32 Å². The molecule has 0 radical (unpaired) electrons. The average Bonchev–Trinajstić information content (AvgIpc) is 2.29. The molecule has 1 aliphatic heterocycles. The lowest BCUT2D eigenvalue weighted by Gasteiger charge is -2.27. The topological polar surface area (TPSA) is 24.4 Å². The molecular formula is C14H26N2S. The molecule has 17 heavy (non-hydrogen) atoms. The first kappa shape index (κ1) is 14.8. The van der Waals surface area contributed by atoms with E-state index < -0.39 is 0 Å². The summed E-state index contributed by atoms with van der Waals surface area (Å²) in [4.78, 5) is 5.87. The summed E-state index contributed by atoms with van der Waals surface area (Å²) >= 11 is 4.42. The SMILES string of the molecule is CC/C(C/N=C(\C)C1CNCC(C)C1)=C(\C)S. The minimum absolute atomic E-state index is 0.622. The van der Waals surface area contributed by atoms with Gasteiger partial charge in [-0.05, 0) is 49.6 Å². The molecule has 1 rings (SSSR count). The van der Waals surface area contributed by atoms with E-state index >= 15 is 0 Å². The lowest BCUT2D eigenvalue weighted by molar-refractivity contribution is 0.359. The van der Waals surface area contributed by atoms with Gasteiger partial charge in [0.25, 0.3) is 0 Å². The molecule has 0 saturated carbocycles. The Morgan fingerprint density at radius 3 is 2.59 bits per heavy atom. The largest absolute Gasteiger partial charge is 0.316 e. The van der Waals surface area contributed by atoms with E-state index in [2.05, 4.69) is 45.6 Å². The van der Waals surface area contributed by atoms with Crippen LogP contribution in [0.1, 0.15) is 40.5 Å². The Balaban J connectivity index is 2.57. The number of hydrogen-bond acceptors (Lipinski definition) is 3. The van der Waals surface area contributed by atoms with Gasteiger partial charge < -0.3 is 5.32 Å². The number of allylic oxidation sites excluding steroid dienone is 1. The first-order chi connectivity index (χ1) is 8.04. The molecule has 1 N–H and O–H groups in total. The summed E-state index contributed by atoms with van der Waals surface area (Å²) < 4.78 is 0. The first-order valence-electron chi connectivity index (χ1n) is 6.63. The maximum Gasteiger partial charge on any atom is 0.0609 e. The highest BCUT2D eigenvalue weighted by molar-refractivity contribution is 7.84. The molecule has 2 atom stereocenters. The molecule has 0 bridgehead atoms. The van der Waals surface area contributed by atoms with Crippen LogP contribution in [0, 0.1) is 11.8 Å². The van der Waals surface area contributed by atoms with Gasteiger partial charge in [-0.2, -0.15) is 0 Å². The molecule has 1 saturated heterocycles. The molecule has 3 heteroatoms. The second-order valence-corrected chi connectivity index (χ2v) is 5.87. The van der Waals surface area contributed by atoms with Crippen molar-refractivity contribution in [3.05, 3.63) is 10.5 Å². The summed E-state index contributed by atoms with van der Waals surface area (Å²) in [5.41, 5.74) is 2.65. The molecule has 0 aromatic rings. The quantitative estimate of drug-likeness (QED) is 0.584. The third kappa shape index (κ3) is 4.84. The van der Waals surface area contributed by atoms with Crippen molar-refractivity contribution in [3.8, 4) is 0 Å². The smallest absolute Gasteiger partial charge is 0.0609 e. The summed E-state index contributed by atoms with van der Waals surface area (Å²) in [6, 6.07) is 0. The van der Waals surface area contributed by atoms with Gasteiger partial charge >= 0.3 is 0 Å². The maximum absolute atomic E-state index is 4.74. The van der Waals surface area contributed by atoms with Crippen LogP contribution in [0.15, 0.2) is 15.5 Å². The number of piperidine rings is 1. The van der Waals surface area contributed by atoms with Gasteiger partial charge in [0.05, 0.1) is 6.54 Å². The average molecular weight is 254 g/mol. The fraction of sp³-hybridized carbons (Fsp3) is 0.786. The molecule has 98 valence electrons. The summed E-state index contributed by atoms with van der Waals surface area (Å²) in [5.74, 6) is 1.39. The third-order valence-corrected chi connectivity index (χ3v) is 3.94. The van der Waals surface area contributed by atoms with Gasteiger partial charge in [-0.25, -0.2) is 0 Å². The predicted molar refractivity (Wildman–Crippen MR) is 80.1 cm³/mol. The van der Waals surface area contributed by atoms with Crippen molar-refractivity contribution in [2.24, 2.45) is 16.8 Å². The van der Waals surface area contributed by atoms with Crippen LogP contribution in [-0.2, 0) is 0 Å². The first-order valence-corrected chi connectivity index (χ1v) is 7.08. The summed E-state index contributed by atoms with van der Waals surface area (Å²) in [6.07, 6.45) is 2.32. The fourth-order valence-electron chi connectivity index (χ4n) is 2.31. The Labute approximate surface area is 111 Å². The molecule has 2 nitrogen and oxygen atoms in total. The van der Waals surface area contributed by atoms with E-state index in [0.29, 0.717) is 5.92 Å². The van der Waals surface area contributed by atoms with Crippen LogP contribution in [-0.4, -0.2) is 25.3 Å². The molecule has 1 fully saturated rings. The Bertz CT molecular complexity index is 303. The van der Waals surface area contributed by atoms with E-state index in [0.717, 1.165) is 36.9 Å². The zero-order valence-electron chi connectivity index (χ0n) is 11.6. The van der Waals surface area contributed by atoms with Gasteiger partial charge in [-0.15, -0.1) is 12.6 Å². The Hall–Kier alpha value is -0.280. The minimum Gasteiger partial charge on any atom is -0.316 e. The number of nitrogens with zero attached hydrogens (tertiary/aromatic N) is 1. The monoisotopic (exact) mass is 254 g/mol. The number of aliphatic imine (C=N–C) groups is 1. The highest BCUT2D eigenvalue weighted by Gasteiger charge is 2.20. The van der Waals surface area contributed by atoms with E-state index in [1.165, 1.54) is 17.7 Å². The van der Waals surface area contributed by atoms with Gasteiger partial charge in [-0.3, -0.25) is 4.99 Å². The van der Waals surface area contributed by atoms with E-state index in [-0.39, 0.29) is 0 Å². The summed E-state index contributed by atoms with van der Waals surface area (Å²) in [7, 11) is 0. The van der Waals surface area contributed by atoms with Crippen molar-refractivity contribution in [1.82, 2.24) is 5.32 Å². The molecule has 0 aromatic carbocycles. The molecular weight excluding hydrogens is 228 g/mol. The normalized spacial score (nSPS) is 27.9. The van der Waals surface area contributed by atoms with Crippen molar-refractivity contribution >= 4 is 18.3 Å². The molecule has 0 aliphatic carbocycles. The van der Waals surface area contributed by atoms with Crippen molar-refractivity contribution in [2.45, 2.75) is 40.5 Å². The molecule has 1 heterocycles. The highest BCUT2D eigenvalue weighted by atomic mass is 32.1. The second kappa shape index (κ2) is 7.22. The molecule has 0 amide bonds. The minimum atomic E-state index is 0.622. The number of nitrogens with one attached hydrogen (secondary N) is 1. The number of thiol groups is 1. The zero-order valence-corrected chi connectivity index (χ0v) is 12.5. The Morgan fingerprint density at radius 2 is 2.06 bits per heavy atom. The Morgan fingerprint density at radius 1 is 1.35 bits per heavy atom. The fourth-order valence-corrected chi connectivity index (χ4v) is 2.53. The highest BCUT2D eigenvalue weighted by Crippen LogP contribution is 2.18. The van der Waals surface area contributed by atoms with Crippen LogP contribution in [0.5, 0.6) is 0 Å². The van der Waals surface area contributed by atoms with Gasteiger partial charge in [0, 0.05) is 18.2 Å². The van der Waals surface area contributed by atoms with Gasteiger partial charge in [0.2, 0.25) is 0 Å². The zero-order chi connectivity index (χ0) is 12.8. The van der Waals surface area contributed by atoms with Gasteiger partial charge in [0.1, 0.15) is 0 Å². The summed E-state index contributed by atoms with van der Waals surface area (Å²) in [6.45, 7) is 11.8. The lowest BCUT2D eigenvalue weighted by atomic mass is 9.89. The van der Waals surface area contributed by atoms with Crippen LogP contribution in [0.4, 0.5) is 0 Å². The summed E-state index contributed by atoms with van der Waals surface area (Å²) in [5, 5.41) is 3.48. The van der Waals surface area contributed by atoms with Crippen molar-refractivity contribution in [2.75, 3.05) is 19.6 Å². The van der Waals surface area contributed by atoms with Crippen molar-refractivity contribution in [1.29, 1.82) is 0 Å². The van der Waals surface area contributed by atoms with Crippen molar-refractivity contribution in [3.63, 3.8) is 0 Å². The number of rotatable bonds is 4. The third-order valence-electron chi connectivity index (χ3n) is 3.62. The maximum atomic E-state index is 4.74. The molecule has 1 aliphatic rings. The molecule has 2 unspecified atom stereocenters. The van der Waals surface area contributed by atoms with Crippen LogP contribution in [0.25, 0.3) is 0 Å². The standard InChI is InChI=1S/C14H26N2S/c1-5-13(12(4)17)9-16-11(3)14-6-10(2)7-15-8-14/h10,14-15,17H,5-9H2,1-4H3/b13-12-,16-11+. The van der Waals surface area contributed by atoms with E-state index in [9.17, 15) is 0 Å². The van der Waals surface area contributed by atoms with E-state index in [4.69, 9.17) is 4.99 Å². The number of hydrogen-bond donors (Lipinski definition) is 2. The van der Waals surface area contributed by atoms with Gasteiger partial charge in [-0.1, -0.05) is 13.8 Å². The van der Waals surface area contributed by atoms with Crippen molar-refractivity contribution < 1.29 is 0 Å².